The Bertz CT molecular complexity index is 581. The maximum Gasteiger partial charge on any atom is 0.307 e. The fourth-order valence-corrected chi connectivity index (χ4v) is 2.83. The van der Waals surface area contributed by atoms with Crippen LogP contribution in [0.4, 0.5) is 5.69 Å². The van der Waals surface area contributed by atoms with E-state index in [2.05, 4.69) is 0 Å². The maximum atomic E-state index is 11.7. The van der Waals surface area contributed by atoms with Gasteiger partial charge in [0.1, 0.15) is 0 Å². The Morgan fingerprint density at radius 1 is 1.22 bits per heavy atom. The van der Waals surface area contributed by atoms with Gasteiger partial charge in [0.2, 0.25) is 0 Å². The molecule has 1 heterocycles. The number of rotatable bonds is 4. The van der Waals surface area contributed by atoms with Crippen molar-refractivity contribution in [3.63, 3.8) is 0 Å². The fraction of sp³-hybridized carbons (Fsp3) is 0.357. The van der Waals surface area contributed by atoms with Crippen molar-refractivity contribution in [3.05, 3.63) is 50.1 Å². The number of aromatic nitrogens is 1. The highest BCUT2D eigenvalue weighted by atomic mass is 32.1. The molecule has 1 aromatic carbocycles. The van der Waals surface area contributed by atoms with Gasteiger partial charge in [0.15, 0.2) is 0 Å². The van der Waals surface area contributed by atoms with Crippen LogP contribution in [0, 0.1) is 13.8 Å². The first kappa shape index (κ1) is 12.9. The molecule has 0 radical (unpaired) electrons. The van der Waals surface area contributed by atoms with Crippen molar-refractivity contribution < 1.29 is 0 Å². The van der Waals surface area contributed by atoms with E-state index in [1.807, 2.05) is 42.7 Å². The molecule has 3 nitrogen and oxygen atoms in total. The number of nitrogen functional groups attached to an aromatic ring is 1. The number of hydrogen-bond acceptors (Lipinski definition) is 3. The lowest BCUT2D eigenvalue weighted by Crippen LogP contribution is -2.15. The summed E-state index contributed by atoms with van der Waals surface area (Å²) in [5, 5.41) is 0. The molecule has 0 atom stereocenters. The van der Waals surface area contributed by atoms with Crippen LogP contribution in [0.2, 0.25) is 0 Å². The Kier molecular flexibility index (Phi) is 3.87. The number of thiazole rings is 1. The second-order valence-corrected chi connectivity index (χ2v) is 5.67. The van der Waals surface area contributed by atoms with Crippen LogP contribution in [0.1, 0.15) is 22.6 Å². The molecule has 0 aliphatic rings. The van der Waals surface area contributed by atoms with Gasteiger partial charge in [0.05, 0.1) is 0 Å². The Balaban J connectivity index is 1.96. The third kappa shape index (κ3) is 2.82. The molecule has 0 saturated heterocycles. The highest BCUT2D eigenvalue weighted by Gasteiger charge is 2.06. The van der Waals surface area contributed by atoms with Crippen molar-refractivity contribution in [2.24, 2.45) is 0 Å². The minimum Gasteiger partial charge on any atom is -0.399 e. The third-order valence-corrected chi connectivity index (χ3v) is 4.20. The predicted molar refractivity (Wildman–Crippen MR) is 77.2 cm³/mol. The molecule has 0 bridgehead atoms. The number of benzene rings is 1. The summed E-state index contributed by atoms with van der Waals surface area (Å²) in [6.45, 7) is 4.80. The zero-order chi connectivity index (χ0) is 13.1. The molecule has 0 fully saturated rings. The van der Waals surface area contributed by atoms with E-state index in [4.69, 9.17) is 5.73 Å². The van der Waals surface area contributed by atoms with Gasteiger partial charge in [0, 0.05) is 22.8 Å². The van der Waals surface area contributed by atoms with Crippen LogP contribution in [0.25, 0.3) is 0 Å². The van der Waals surface area contributed by atoms with Crippen LogP contribution >= 0.6 is 11.3 Å². The molecule has 18 heavy (non-hydrogen) atoms. The number of nitrogens with zero attached hydrogens (tertiary/aromatic N) is 1. The van der Waals surface area contributed by atoms with Crippen molar-refractivity contribution >= 4 is 17.0 Å². The van der Waals surface area contributed by atoms with Crippen molar-refractivity contribution in [2.45, 2.75) is 33.2 Å². The first-order valence-electron chi connectivity index (χ1n) is 6.09. The van der Waals surface area contributed by atoms with E-state index in [-0.39, 0.29) is 4.87 Å². The Labute approximate surface area is 111 Å². The summed E-state index contributed by atoms with van der Waals surface area (Å²) in [6, 6.07) is 7.93. The van der Waals surface area contributed by atoms with Crippen molar-refractivity contribution in [1.29, 1.82) is 0 Å². The first-order chi connectivity index (χ1) is 8.58. The normalized spacial score (nSPS) is 10.8. The Morgan fingerprint density at radius 2 is 1.89 bits per heavy atom. The van der Waals surface area contributed by atoms with E-state index in [1.54, 1.807) is 0 Å². The van der Waals surface area contributed by atoms with E-state index in [0.717, 1.165) is 35.6 Å². The number of hydrogen-bond donors (Lipinski definition) is 1. The van der Waals surface area contributed by atoms with Gasteiger partial charge in [0.25, 0.3) is 0 Å². The first-order valence-corrected chi connectivity index (χ1v) is 6.91. The van der Waals surface area contributed by atoms with Gasteiger partial charge >= 0.3 is 4.87 Å². The van der Waals surface area contributed by atoms with Crippen molar-refractivity contribution in [3.8, 4) is 0 Å². The highest BCUT2D eigenvalue weighted by molar-refractivity contribution is 7.09. The number of anilines is 1. The van der Waals surface area contributed by atoms with Crippen molar-refractivity contribution in [2.75, 3.05) is 5.73 Å². The van der Waals surface area contributed by atoms with Crippen LogP contribution in [0.15, 0.2) is 29.1 Å². The van der Waals surface area contributed by atoms with Crippen LogP contribution in [0.5, 0.6) is 0 Å². The second-order valence-electron chi connectivity index (χ2n) is 4.51. The molecule has 0 amide bonds. The molecule has 4 heteroatoms. The molecule has 0 spiro atoms. The summed E-state index contributed by atoms with van der Waals surface area (Å²) in [5.74, 6) is 0. The zero-order valence-electron chi connectivity index (χ0n) is 10.8. The summed E-state index contributed by atoms with van der Waals surface area (Å²) < 4.78 is 1.87. The average Bonchev–Trinajstić information content (AvgIpc) is 2.58. The lowest BCUT2D eigenvalue weighted by molar-refractivity contribution is 0.618. The minimum absolute atomic E-state index is 0.155. The quantitative estimate of drug-likeness (QED) is 0.861. The molecular formula is C14H18N2OS. The van der Waals surface area contributed by atoms with Crippen LogP contribution in [0.3, 0.4) is 0 Å². The zero-order valence-corrected chi connectivity index (χ0v) is 11.6. The predicted octanol–water partition coefficient (Wildman–Crippen LogP) is 2.74. The van der Waals surface area contributed by atoms with Gasteiger partial charge in [-0.2, -0.15) is 0 Å². The number of nitrogens with two attached hydrogens (primary N) is 1. The summed E-state index contributed by atoms with van der Waals surface area (Å²) in [7, 11) is 0. The van der Waals surface area contributed by atoms with Gasteiger partial charge in [-0.15, -0.1) is 0 Å². The molecule has 2 N–H and O–H groups in total. The van der Waals surface area contributed by atoms with Gasteiger partial charge in [-0.05, 0) is 44.4 Å². The summed E-state index contributed by atoms with van der Waals surface area (Å²) in [5.41, 5.74) is 8.80. The van der Waals surface area contributed by atoms with Crippen LogP contribution in [-0.2, 0) is 13.0 Å². The van der Waals surface area contributed by atoms with E-state index in [0.29, 0.717) is 0 Å². The minimum atomic E-state index is 0.155. The summed E-state index contributed by atoms with van der Waals surface area (Å²) >= 11 is 1.33. The number of aryl methyl sites for hydroxylation is 2. The van der Waals surface area contributed by atoms with Gasteiger partial charge in [-0.1, -0.05) is 23.5 Å². The average molecular weight is 262 g/mol. The highest BCUT2D eigenvalue weighted by Crippen LogP contribution is 2.12. The van der Waals surface area contributed by atoms with Crippen molar-refractivity contribution in [1.82, 2.24) is 4.57 Å². The van der Waals surface area contributed by atoms with E-state index < -0.39 is 0 Å². The standard InChI is InChI=1S/C14H18N2OS/c1-10-11(2)18-14(17)16(10)9-3-4-12-5-7-13(15)8-6-12/h5-8H,3-4,9,15H2,1-2H3. The van der Waals surface area contributed by atoms with Gasteiger partial charge in [-0.25, -0.2) is 0 Å². The Morgan fingerprint density at radius 3 is 2.44 bits per heavy atom. The molecule has 0 saturated carbocycles. The van der Waals surface area contributed by atoms with E-state index in [9.17, 15) is 4.79 Å². The molecule has 2 aromatic rings. The smallest absolute Gasteiger partial charge is 0.307 e. The fourth-order valence-electron chi connectivity index (χ4n) is 1.97. The van der Waals surface area contributed by atoms with Gasteiger partial charge in [-0.3, -0.25) is 4.79 Å². The molecular weight excluding hydrogens is 244 g/mol. The molecule has 0 aliphatic heterocycles. The second kappa shape index (κ2) is 5.40. The topological polar surface area (TPSA) is 48.0 Å². The van der Waals surface area contributed by atoms with E-state index >= 15 is 0 Å². The monoisotopic (exact) mass is 262 g/mol. The summed E-state index contributed by atoms with van der Waals surface area (Å²) in [4.78, 5) is 13.0. The van der Waals surface area contributed by atoms with Crippen LogP contribution < -0.4 is 10.6 Å². The molecule has 0 aliphatic carbocycles. The van der Waals surface area contributed by atoms with Gasteiger partial charge < -0.3 is 10.3 Å². The maximum absolute atomic E-state index is 11.7. The van der Waals surface area contributed by atoms with E-state index in [1.165, 1.54) is 16.9 Å². The molecule has 1 aromatic heterocycles. The molecule has 96 valence electrons. The lowest BCUT2D eigenvalue weighted by Gasteiger charge is -2.05. The Hall–Kier alpha value is -1.55. The van der Waals surface area contributed by atoms with Crippen LogP contribution in [-0.4, -0.2) is 4.57 Å². The molecule has 2 rings (SSSR count). The summed E-state index contributed by atoms with van der Waals surface area (Å²) in [6.07, 6.45) is 1.95. The largest absolute Gasteiger partial charge is 0.399 e. The molecule has 0 unspecified atom stereocenters. The third-order valence-electron chi connectivity index (χ3n) is 3.20. The SMILES string of the molecule is Cc1sc(=O)n(CCCc2ccc(N)cc2)c1C. The lowest BCUT2D eigenvalue weighted by atomic mass is 10.1.